The monoisotopic (exact) mass is 490 g/mol. The molecule has 0 spiro atoms. The second-order valence-electron chi connectivity index (χ2n) is 8.18. The summed E-state index contributed by atoms with van der Waals surface area (Å²) < 4.78 is 40.0. The quantitative estimate of drug-likeness (QED) is 0.469. The first-order valence-electron chi connectivity index (χ1n) is 10.5. The average molecular weight is 491 g/mol. The molecule has 2 N–H and O–H groups in total. The number of rotatable bonds is 8. The highest BCUT2D eigenvalue weighted by Crippen LogP contribution is 2.34. The molecule has 2 aromatic heterocycles. The van der Waals surface area contributed by atoms with Crippen molar-refractivity contribution in [3.05, 3.63) is 47.5 Å². The third-order valence-electron chi connectivity index (χ3n) is 5.28. The number of benzene rings is 1. The van der Waals surface area contributed by atoms with Crippen LogP contribution in [-0.4, -0.2) is 48.0 Å². The average Bonchev–Trinajstić information content (AvgIpc) is 3.48. The third-order valence-corrected chi connectivity index (χ3v) is 8.94. The van der Waals surface area contributed by atoms with Crippen LogP contribution < -0.4 is 10.6 Å². The molecule has 0 aliphatic heterocycles. The van der Waals surface area contributed by atoms with Crippen molar-refractivity contribution >= 4 is 43.2 Å². The normalized spacial score (nSPS) is 14.9. The van der Waals surface area contributed by atoms with E-state index in [4.69, 9.17) is 0 Å². The fraction of sp³-hybridized carbons (Fsp3) is 0.364. The van der Waals surface area contributed by atoms with Gasteiger partial charge in [-0.15, -0.1) is 11.3 Å². The summed E-state index contributed by atoms with van der Waals surface area (Å²) in [5.41, 5.74) is 1.93. The van der Waals surface area contributed by atoms with E-state index in [1.807, 2.05) is 0 Å². The zero-order chi connectivity index (χ0) is 23.8. The van der Waals surface area contributed by atoms with Gasteiger partial charge in [-0.1, -0.05) is 6.07 Å². The summed E-state index contributed by atoms with van der Waals surface area (Å²) in [5, 5.41) is 2.99. The van der Waals surface area contributed by atoms with E-state index < -0.39 is 32.2 Å². The maximum Gasteiger partial charge on any atom is 0.245 e. The van der Waals surface area contributed by atoms with Crippen LogP contribution in [-0.2, 0) is 19.4 Å². The van der Waals surface area contributed by atoms with Gasteiger partial charge in [0.2, 0.25) is 17.8 Å². The minimum Gasteiger partial charge on any atom is -0.352 e. The van der Waals surface area contributed by atoms with E-state index in [9.17, 15) is 22.4 Å². The molecule has 1 aliphatic carbocycles. The lowest BCUT2D eigenvalue weighted by molar-refractivity contribution is -0.126. The minimum absolute atomic E-state index is 0.133. The van der Waals surface area contributed by atoms with Crippen LogP contribution >= 0.6 is 11.3 Å². The molecule has 1 saturated carbocycles. The molecule has 2 heterocycles. The molecular weight excluding hydrogens is 467 g/mol. The highest BCUT2D eigenvalue weighted by atomic mass is 32.2. The molecule has 0 saturated heterocycles. The first-order valence-corrected chi connectivity index (χ1v) is 12.9. The van der Waals surface area contributed by atoms with Crippen molar-refractivity contribution in [1.29, 1.82) is 0 Å². The Bertz CT molecular complexity index is 1300. The van der Waals surface area contributed by atoms with Crippen LogP contribution in [0.4, 0.5) is 4.39 Å². The van der Waals surface area contributed by atoms with Crippen LogP contribution in [0.15, 0.2) is 36.5 Å². The second kappa shape index (κ2) is 9.14. The Morgan fingerprint density at radius 1 is 1.18 bits per heavy atom. The van der Waals surface area contributed by atoms with Gasteiger partial charge in [-0.05, 0) is 56.5 Å². The SMILES string of the molecule is CC(C)S(=O)(=O)C(C(=O)NCC(=O)NC1CC1)c1nc2cc(-c3ccc(F)nc3)ccc2s1. The number of hydrogen-bond donors (Lipinski definition) is 2. The van der Waals surface area contributed by atoms with E-state index >= 15 is 0 Å². The molecule has 3 aromatic rings. The predicted octanol–water partition coefficient (Wildman–Crippen LogP) is 2.76. The number of sulfone groups is 1. The molecule has 1 unspecified atom stereocenters. The molecule has 4 rings (SSSR count). The molecule has 1 aliphatic rings. The number of nitrogens with zero attached hydrogens (tertiary/aromatic N) is 2. The summed E-state index contributed by atoms with van der Waals surface area (Å²) in [6.45, 7) is 2.71. The van der Waals surface area contributed by atoms with Crippen molar-refractivity contribution in [3.63, 3.8) is 0 Å². The maximum atomic E-state index is 13.1. The van der Waals surface area contributed by atoms with E-state index in [1.165, 1.54) is 26.1 Å². The smallest absolute Gasteiger partial charge is 0.245 e. The van der Waals surface area contributed by atoms with Crippen LogP contribution in [0.5, 0.6) is 0 Å². The number of thiazole rings is 1. The van der Waals surface area contributed by atoms with Gasteiger partial charge in [-0.3, -0.25) is 9.59 Å². The zero-order valence-electron chi connectivity index (χ0n) is 18.0. The van der Waals surface area contributed by atoms with Gasteiger partial charge < -0.3 is 10.6 Å². The Kier molecular flexibility index (Phi) is 6.44. The Morgan fingerprint density at radius 2 is 1.91 bits per heavy atom. The summed E-state index contributed by atoms with van der Waals surface area (Å²) >= 11 is 1.11. The van der Waals surface area contributed by atoms with E-state index in [0.717, 1.165) is 29.7 Å². The zero-order valence-corrected chi connectivity index (χ0v) is 19.7. The third kappa shape index (κ3) is 5.19. The van der Waals surface area contributed by atoms with Crippen molar-refractivity contribution in [1.82, 2.24) is 20.6 Å². The van der Waals surface area contributed by atoms with Gasteiger partial charge in [0.15, 0.2) is 15.1 Å². The summed E-state index contributed by atoms with van der Waals surface area (Å²) in [6, 6.07) is 8.29. The second-order valence-corrected chi connectivity index (χ2v) is 11.8. The molecule has 1 fully saturated rings. The minimum atomic E-state index is -3.91. The van der Waals surface area contributed by atoms with E-state index in [2.05, 4.69) is 20.6 Å². The van der Waals surface area contributed by atoms with E-state index in [0.29, 0.717) is 15.8 Å². The Hall–Kier alpha value is -2.92. The van der Waals surface area contributed by atoms with Gasteiger partial charge >= 0.3 is 0 Å². The van der Waals surface area contributed by atoms with Crippen LogP contribution in [0.1, 0.15) is 36.9 Å². The number of aromatic nitrogens is 2. The topological polar surface area (TPSA) is 118 Å². The number of hydrogen-bond acceptors (Lipinski definition) is 7. The predicted molar refractivity (Wildman–Crippen MR) is 124 cm³/mol. The molecule has 33 heavy (non-hydrogen) atoms. The van der Waals surface area contributed by atoms with Gasteiger partial charge in [0.1, 0.15) is 5.01 Å². The van der Waals surface area contributed by atoms with Gasteiger partial charge in [0.25, 0.3) is 0 Å². The summed E-state index contributed by atoms with van der Waals surface area (Å²) in [7, 11) is -3.91. The van der Waals surface area contributed by atoms with Crippen LogP contribution in [0, 0.1) is 5.95 Å². The lowest BCUT2D eigenvalue weighted by Gasteiger charge is -2.17. The molecular formula is C22H23FN4O4S2. The number of nitrogens with one attached hydrogen (secondary N) is 2. The fourth-order valence-electron chi connectivity index (χ4n) is 3.22. The van der Waals surface area contributed by atoms with Gasteiger partial charge in [-0.25, -0.2) is 18.4 Å². The van der Waals surface area contributed by atoms with Crippen molar-refractivity contribution in [2.45, 2.75) is 43.2 Å². The molecule has 2 amide bonds. The van der Waals surface area contributed by atoms with Crippen LogP contribution in [0.2, 0.25) is 0 Å². The first-order chi connectivity index (χ1) is 15.6. The fourth-order valence-corrected chi connectivity index (χ4v) is 5.96. The lowest BCUT2D eigenvalue weighted by atomic mass is 10.1. The molecule has 174 valence electrons. The maximum absolute atomic E-state index is 13.1. The number of carbonyl (C=O) groups is 2. The van der Waals surface area contributed by atoms with E-state index in [-0.39, 0.29) is 23.5 Å². The Morgan fingerprint density at radius 3 is 2.55 bits per heavy atom. The number of pyridine rings is 1. The van der Waals surface area contributed by atoms with E-state index in [1.54, 1.807) is 24.3 Å². The highest BCUT2D eigenvalue weighted by molar-refractivity contribution is 7.93. The van der Waals surface area contributed by atoms with Crippen LogP contribution in [0.25, 0.3) is 21.3 Å². The molecule has 1 aromatic carbocycles. The summed E-state index contributed by atoms with van der Waals surface area (Å²) in [4.78, 5) is 33.0. The molecule has 0 radical (unpaired) electrons. The lowest BCUT2D eigenvalue weighted by Crippen LogP contribution is -2.42. The largest absolute Gasteiger partial charge is 0.352 e. The highest BCUT2D eigenvalue weighted by Gasteiger charge is 2.39. The Balaban J connectivity index is 1.64. The van der Waals surface area contributed by atoms with Gasteiger partial charge in [-0.2, -0.15) is 4.39 Å². The molecule has 11 heteroatoms. The van der Waals surface area contributed by atoms with Crippen LogP contribution in [0.3, 0.4) is 0 Å². The van der Waals surface area contributed by atoms with Crippen molar-refractivity contribution in [2.24, 2.45) is 0 Å². The number of fused-ring (bicyclic) bond motifs is 1. The summed E-state index contributed by atoms with van der Waals surface area (Å²) in [6.07, 6.45) is 3.22. The van der Waals surface area contributed by atoms with Crippen molar-refractivity contribution in [2.75, 3.05) is 6.54 Å². The number of halogens is 1. The van der Waals surface area contributed by atoms with Gasteiger partial charge in [0.05, 0.1) is 22.0 Å². The van der Waals surface area contributed by atoms with Crippen molar-refractivity contribution in [3.8, 4) is 11.1 Å². The first kappa shape index (κ1) is 23.2. The standard InChI is InChI=1S/C22H23FN4O4S2/c1-12(2)33(30,31)20(21(29)25-11-19(28)26-15-5-6-15)22-27-16-9-13(3-7-17(16)32-22)14-4-8-18(23)24-10-14/h3-4,7-10,12,15,20H,5-6,11H2,1-2H3,(H,25,29)(H,26,28). The molecule has 1 atom stereocenters. The molecule has 8 nitrogen and oxygen atoms in total. The van der Waals surface area contributed by atoms with Crippen molar-refractivity contribution < 1.29 is 22.4 Å². The summed E-state index contributed by atoms with van der Waals surface area (Å²) in [5.74, 6) is -1.72. The number of carbonyl (C=O) groups excluding carboxylic acids is 2. The Labute approximate surface area is 194 Å². The molecule has 0 bridgehead atoms. The van der Waals surface area contributed by atoms with Gasteiger partial charge in [0, 0.05) is 17.8 Å². The number of amides is 2.